The van der Waals surface area contributed by atoms with Gasteiger partial charge in [-0.05, 0) is 29.8 Å². The van der Waals surface area contributed by atoms with Crippen LogP contribution < -0.4 is 16.4 Å². The van der Waals surface area contributed by atoms with Gasteiger partial charge in [-0.3, -0.25) is 10.1 Å². The summed E-state index contributed by atoms with van der Waals surface area (Å²) in [4.78, 5) is 25.5. The maximum absolute atomic E-state index is 12.3. The zero-order valence-corrected chi connectivity index (χ0v) is 15.5. The summed E-state index contributed by atoms with van der Waals surface area (Å²) in [6.45, 7) is 3.79. The van der Waals surface area contributed by atoms with Crippen molar-refractivity contribution < 1.29 is 13.9 Å². The van der Waals surface area contributed by atoms with Gasteiger partial charge in [0, 0.05) is 17.7 Å². The van der Waals surface area contributed by atoms with Crippen LogP contribution in [-0.2, 0) is 0 Å². The van der Waals surface area contributed by atoms with E-state index in [2.05, 4.69) is 16.7 Å². The number of non-ortho nitro benzene ring substituents is 1. The molecule has 0 spiro atoms. The number of nitrogens with zero attached hydrogens (tertiary/aromatic N) is 2. The van der Waals surface area contributed by atoms with E-state index in [1.807, 2.05) is 0 Å². The average molecular weight is 410 g/mol. The zero-order chi connectivity index (χ0) is 20.5. The number of nitro groups is 1. The van der Waals surface area contributed by atoms with Gasteiger partial charge >= 0.3 is 5.63 Å². The fraction of sp³-hybridized carbons (Fsp3) is 0. The van der Waals surface area contributed by atoms with E-state index in [0.717, 1.165) is 0 Å². The Balaban J connectivity index is 1.94. The Labute approximate surface area is 166 Å². The van der Waals surface area contributed by atoms with E-state index < -0.39 is 10.5 Å². The Morgan fingerprint density at radius 3 is 2.59 bits per heavy atom. The van der Waals surface area contributed by atoms with Gasteiger partial charge in [0.1, 0.15) is 16.3 Å². The van der Waals surface area contributed by atoms with Crippen molar-refractivity contribution in [1.29, 1.82) is 0 Å². The molecule has 0 radical (unpaired) electrons. The van der Waals surface area contributed by atoms with Crippen LogP contribution >= 0.6 is 11.6 Å². The number of halogens is 1. The molecule has 0 fully saturated rings. The molecule has 0 aliphatic rings. The Morgan fingerprint density at radius 2 is 1.90 bits per heavy atom. The van der Waals surface area contributed by atoms with E-state index >= 15 is 0 Å². The predicted octanol–water partition coefficient (Wildman–Crippen LogP) is 2.71. The van der Waals surface area contributed by atoms with Crippen molar-refractivity contribution in [2.45, 2.75) is 0 Å². The molecule has 144 valence electrons. The molecular formula is C20H12ClN3O5. The summed E-state index contributed by atoms with van der Waals surface area (Å²) in [7, 11) is 0. The molecule has 1 N–H and O–H groups in total. The number of benzene rings is 2. The summed E-state index contributed by atoms with van der Waals surface area (Å²) in [5.74, 6) is 0. The molecule has 0 saturated heterocycles. The van der Waals surface area contributed by atoms with Gasteiger partial charge in [-0.2, -0.15) is 0 Å². The molecule has 0 bridgehead atoms. The van der Waals surface area contributed by atoms with Crippen molar-refractivity contribution >= 4 is 29.9 Å². The van der Waals surface area contributed by atoms with Crippen LogP contribution in [0.15, 0.2) is 62.3 Å². The molecule has 0 unspecified atom stereocenters. The predicted molar refractivity (Wildman–Crippen MR) is 105 cm³/mol. The smallest absolute Gasteiger partial charge is 0.361 e. The third kappa shape index (κ3) is 3.48. The van der Waals surface area contributed by atoms with Gasteiger partial charge in [0.15, 0.2) is 5.42 Å². The van der Waals surface area contributed by atoms with Crippen molar-refractivity contribution in [2.75, 3.05) is 0 Å². The molecule has 2 aromatic carbocycles. The van der Waals surface area contributed by atoms with Crippen LogP contribution in [0.2, 0.25) is 5.02 Å². The molecule has 4 rings (SSSR count). The maximum atomic E-state index is 12.3. The topological polar surface area (TPSA) is 115 Å². The Morgan fingerprint density at radius 1 is 1.17 bits per heavy atom. The fourth-order valence-corrected chi connectivity index (χ4v) is 3.03. The third-order valence-electron chi connectivity index (χ3n) is 4.20. The molecule has 0 saturated carbocycles. The van der Waals surface area contributed by atoms with Crippen molar-refractivity contribution in [2.24, 2.45) is 0 Å². The highest BCUT2D eigenvalue weighted by atomic mass is 35.5. The summed E-state index contributed by atoms with van der Waals surface area (Å²) in [6, 6.07) is 12.8. The van der Waals surface area contributed by atoms with Gasteiger partial charge in [0.25, 0.3) is 5.69 Å². The standard InChI is InChI=1S/C20H12ClN3O5/c1-11-17(18(23-29-11)14-4-2-3-5-15(14)21)19-22-16(20(25)28-19)10-12-6-8-13(9-7-12)24(26)27/h2-10,22H,1H2/b16-10-,19-17?. The number of H-pyrrole nitrogens is 1. The number of nitrogens with one attached hydrogen (secondary N) is 1. The van der Waals surface area contributed by atoms with Crippen molar-refractivity contribution in [3.8, 4) is 11.3 Å². The minimum Gasteiger partial charge on any atom is -0.404 e. The first-order valence-corrected chi connectivity index (χ1v) is 8.71. The largest absolute Gasteiger partial charge is 0.404 e. The number of hydrogen-bond donors (Lipinski definition) is 1. The van der Waals surface area contributed by atoms with Gasteiger partial charge in [-0.1, -0.05) is 41.5 Å². The maximum Gasteiger partial charge on any atom is 0.361 e. The summed E-state index contributed by atoms with van der Waals surface area (Å²) >= 11 is 6.25. The Kier molecular flexibility index (Phi) is 4.61. The fourth-order valence-electron chi connectivity index (χ4n) is 2.81. The second-order valence-electron chi connectivity index (χ2n) is 6.06. The summed E-state index contributed by atoms with van der Waals surface area (Å²) in [6.07, 6.45) is 1.52. The van der Waals surface area contributed by atoms with E-state index in [1.165, 1.54) is 30.3 Å². The van der Waals surface area contributed by atoms with E-state index in [-0.39, 0.29) is 22.0 Å². The first kappa shape index (κ1) is 18.5. The average Bonchev–Trinajstić information content (AvgIpc) is 3.25. The number of aromatic nitrogens is 2. The molecule has 2 heterocycles. The second kappa shape index (κ2) is 7.25. The van der Waals surface area contributed by atoms with Crippen LogP contribution in [0.4, 0.5) is 5.69 Å². The SMILES string of the molecule is C=c1onc(-c2ccccc2Cl)c1=c1[nH]/c(=C\c2ccc([N+](=O)[O-])cc2)c(=O)o1. The van der Waals surface area contributed by atoms with E-state index in [0.29, 0.717) is 27.1 Å². The van der Waals surface area contributed by atoms with Crippen LogP contribution in [0.3, 0.4) is 0 Å². The number of nitro benzene ring substituents is 1. The molecule has 0 aliphatic carbocycles. The van der Waals surface area contributed by atoms with Crippen molar-refractivity contribution in [3.05, 3.63) is 101 Å². The number of oxazole rings is 1. The molecule has 0 amide bonds. The van der Waals surface area contributed by atoms with Crippen LogP contribution in [-0.4, -0.2) is 15.1 Å². The Bertz CT molecular complexity index is 1480. The molecule has 2 aromatic heterocycles. The lowest BCUT2D eigenvalue weighted by Crippen LogP contribution is -2.20. The van der Waals surface area contributed by atoms with E-state index in [1.54, 1.807) is 24.3 Å². The van der Waals surface area contributed by atoms with Crippen molar-refractivity contribution in [1.82, 2.24) is 10.1 Å². The molecular weight excluding hydrogens is 398 g/mol. The molecule has 0 aliphatic heterocycles. The van der Waals surface area contributed by atoms with Gasteiger partial charge in [-0.25, -0.2) is 4.79 Å². The van der Waals surface area contributed by atoms with E-state index in [4.69, 9.17) is 20.5 Å². The van der Waals surface area contributed by atoms with Gasteiger partial charge < -0.3 is 13.9 Å². The quantitative estimate of drug-likeness (QED) is 0.411. The van der Waals surface area contributed by atoms with Crippen LogP contribution in [0.25, 0.3) is 23.9 Å². The summed E-state index contributed by atoms with van der Waals surface area (Å²) in [5, 5.41) is 15.7. The first-order chi connectivity index (χ1) is 13.9. The lowest BCUT2D eigenvalue weighted by molar-refractivity contribution is -0.384. The summed E-state index contributed by atoms with van der Waals surface area (Å²) < 4.78 is 10.5. The van der Waals surface area contributed by atoms with Crippen LogP contribution in [0, 0.1) is 20.9 Å². The number of aromatic amines is 1. The lowest BCUT2D eigenvalue weighted by Gasteiger charge is -1.97. The Hall–Kier alpha value is -3.91. The minimum atomic E-state index is -0.621. The van der Waals surface area contributed by atoms with Crippen LogP contribution in [0.5, 0.6) is 0 Å². The van der Waals surface area contributed by atoms with Gasteiger partial charge in [-0.15, -0.1) is 0 Å². The highest BCUT2D eigenvalue weighted by molar-refractivity contribution is 6.33. The molecule has 8 nitrogen and oxygen atoms in total. The normalized spacial score (nSPS) is 12.9. The van der Waals surface area contributed by atoms with Gasteiger partial charge in [0.05, 0.1) is 9.95 Å². The van der Waals surface area contributed by atoms with Crippen molar-refractivity contribution in [3.63, 3.8) is 0 Å². The number of rotatable bonds is 3. The van der Waals surface area contributed by atoms with Crippen LogP contribution in [0.1, 0.15) is 5.56 Å². The lowest BCUT2D eigenvalue weighted by atomic mass is 10.1. The number of hydrogen-bond acceptors (Lipinski definition) is 6. The molecule has 29 heavy (non-hydrogen) atoms. The molecule has 9 heteroatoms. The second-order valence-corrected chi connectivity index (χ2v) is 6.47. The zero-order valence-electron chi connectivity index (χ0n) is 14.7. The highest BCUT2D eigenvalue weighted by Crippen LogP contribution is 2.25. The minimum absolute atomic E-state index is 0.0445. The summed E-state index contributed by atoms with van der Waals surface area (Å²) in [5.41, 5.74) is 1.22. The molecule has 4 aromatic rings. The highest BCUT2D eigenvalue weighted by Gasteiger charge is 2.12. The monoisotopic (exact) mass is 409 g/mol. The van der Waals surface area contributed by atoms with Gasteiger partial charge in [0.2, 0.25) is 5.55 Å². The van der Waals surface area contributed by atoms with E-state index in [9.17, 15) is 14.9 Å². The third-order valence-corrected chi connectivity index (χ3v) is 4.53. The first-order valence-electron chi connectivity index (χ1n) is 8.33. The molecule has 0 atom stereocenters.